The third-order valence-corrected chi connectivity index (χ3v) is 6.56. The number of aromatic nitrogens is 3. The molecule has 144 valence electrons. The third-order valence-electron chi connectivity index (χ3n) is 4.62. The van der Waals surface area contributed by atoms with Gasteiger partial charge in [-0.1, -0.05) is 11.8 Å². The van der Waals surface area contributed by atoms with Crippen LogP contribution < -0.4 is 0 Å². The molecule has 1 aromatic carbocycles. The van der Waals surface area contributed by atoms with Crippen LogP contribution in [-0.2, 0) is 4.79 Å². The molecule has 10 heteroatoms. The Bertz CT molecular complexity index is 1020. The van der Waals surface area contributed by atoms with Crippen LogP contribution in [0.3, 0.4) is 0 Å². The minimum absolute atomic E-state index is 0.0328. The van der Waals surface area contributed by atoms with E-state index in [-0.39, 0.29) is 11.6 Å². The van der Waals surface area contributed by atoms with Crippen LogP contribution in [0.5, 0.6) is 0 Å². The number of hydrogen-bond donors (Lipinski definition) is 0. The number of hydrogen-bond acceptors (Lipinski definition) is 8. The lowest BCUT2D eigenvalue weighted by Gasteiger charge is -2.26. The lowest BCUT2D eigenvalue weighted by atomic mass is 10.1. The van der Waals surface area contributed by atoms with Crippen molar-refractivity contribution < 1.29 is 9.72 Å². The Hall–Kier alpha value is -2.59. The monoisotopic (exact) mass is 415 g/mol. The fourth-order valence-electron chi connectivity index (χ4n) is 3.14. The minimum atomic E-state index is -0.431. The van der Waals surface area contributed by atoms with Gasteiger partial charge in [-0.2, -0.15) is 4.37 Å². The number of nitro groups is 1. The summed E-state index contributed by atoms with van der Waals surface area (Å²) in [5.41, 5.74) is 2.16. The number of nitro benzene ring substituents is 1. The number of amides is 1. The van der Waals surface area contributed by atoms with E-state index in [1.807, 2.05) is 4.90 Å². The molecule has 28 heavy (non-hydrogen) atoms. The van der Waals surface area contributed by atoms with Crippen molar-refractivity contribution in [2.24, 2.45) is 0 Å². The molecule has 8 nitrogen and oxygen atoms in total. The second kappa shape index (κ2) is 8.19. The Morgan fingerprint density at radius 3 is 2.64 bits per heavy atom. The number of benzene rings is 1. The van der Waals surface area contributed by atoms with E-state index >= 15 is 0 Å². The summed E-state index contributed by atoms with van der Waals surface area (Å²) in [7, 11) is 0. The molecule has 0 saturated carbocycles. The fraction of sp³-hybridized carbons (Fsp3) is 0.333. The molecule has 1 aliphatic rings. The molecule has 4 rings (SSSR count). The van der Waals surface area contributed by atoms with E-state index in [2.05, 4.69) is 14.3 Å². The molecule has 2 aromatic heterocycles. The summed E-state index contributed by atoms with van der Waals surface area (Å²) in [5.74, 6) is 0.480. The minimum Gasteiger partial charge on any atom is -0.342 e. The summed E-state index contributed by atoms with van der Waals surface area (Å²) in [6, 6.07) is 6.24. The molecule has 3 aromatic rings. The van der Waals surface area contributed by atoms with Gasteiger partial charge < -0.3 is 4.90 Å². The molecule has 0 spiro atoms. The van der Waals surface area contributed by atoms with Crippen molar-refractivity contribution in [3.63, 3.8) is 0 Å². The summed E-state index contributed by atoms with van der Waals surface area (Å²) in [4.78, 5) is 33.4. The van der Waals surface area contributed by atoms with Crippen molar-refractivity contribution in [1.29, 1.82) is 0 Å². The van der Waals surface area contributed by atoms with Gasteiger partial charge in [-0.05, 0) is 42.9 Å². The van der Waals surface area contributed by atoms with Crippen LogP contribution in [0, 0.1) is 10.1 Å². The van der Waals surface area contributed by atoms with Crippen LogP contribution in [0.25, 0.3) is 21.5 Å². The topological polar surface area (TPSA) is 102 Å². The van der Waals surface area contributed by atoms with Crippen molar-refractivity contribution in [2.75, 3.05) is 18.8 Å². The predicted octanol–water partition coefficient (Wildman–Crippen LogP) is 3.77. The van der Waals surface area contributed by atoms with Crippen molar-refractivity contribution in [3.05, 3.63) is 40.7 Å². The molecule has 0 radical (unpaired) electrons. The van der Waals surface area contributed by atoms with Crippen molar-refractivity contribution in [2.45, 2.75) is 24.3 Å². The van der Waals surface area contributed by atoms with Crippen molar-refractivity contribution in [3.8, 4) is 11.3 Å². The second-order valence-corrected chi connectivity index (χ2v) is 8.16. The smallest absolute Gasteiger partial charge is 0.269 e. The van der Waals surface area contributed by atoms with E-state index in [1.54, 1.807) is 12.1 Å². The van der Waals surface area contributed by atoms with Gasteiger partial charge in [0.05, 0.1) is 10.7 Å². The number of nitrogens with zero attached hydrogens (tertiary/aromatic N) is 5. The number of piperidine rings is 1. The highest BCUT2D eigenvalue weighted by Crippen LogP contribution is 2.35. The van der Waals surface area contributed by atoms with Gasteiger partial charge >= 0.3 is 0 Å². The largest absolute Gasteiger partial charge is 0.342 e. The molecular weight excluding hydrogens is 398 g/mol. The lowest BCUT2D eigenvalue weighted by Crippen LogP contribution is -2.36. The summed E-state index contributed by atoms with van der Waals surface area (Å²) in [6.07, 6.45) is 4.80. The lowest BCUT2D eigenvalue weighted by molar-refractivity contribution is -0.384. The summed E-state index contributed by atoms with van der Waals surface area (Å²) >= 11 is 2.68. The van der Waals surface area contributed by atoms with Crippen LogP contribution in [-0.4, -0.2) is 48.9 Å². The Kier molecular flexibility index (Phi) is 5.49. The number of fused-ring (bicyclic) bond motifs is 1. The number of carbonyl (C=O) groups excluding carboxylic acids is 1. The molecular formula is C18H17N5O3S2. The molecule has 0 bridgehead atoms. The SMILES string of the molecule is O=C(CSc1ncnc2c(-c3ccc([N+](=O)[O-])cc3)nsc12)N1CCCCC1. The summed E-state index contributed by atoms with van der Waals surface area (Å²) in [5, 5.41) is 11.6. The number of thioether (sulfide) groups is 1. The van der Waals surface area contributed by atoms with Gasteiger partial charge in [-0.3, -0.25) is 14.9 Å². The third kappa shape index (κ3) is 3.83. The average Bonchev–Trinajstić information content (AvgIpc) is 3.17. The number of carbonyl (C=O) groups is 1. The number of non-ortho nitro benzene ring substituents is 1. The first kappa shape index (κ1) is 18.8. The maximum atomic E-state index is 12.4. The molecule has 0 N–H and O–H groups in total. The van der Waals surface area contributed by atoms with E-state index < -0.39 is 4.92 Å². The normalized spacial score (nSPS) is 14.4. The fourth-order valence-corrected chi connectivity index (χ4v) is 4.96. The predicted molar refractivity (Wildman–Crippen MR) is 108 cm³/mol. The van der Waals surface area contributed by atoms with Crippen LogP contribution in [0.4, 0.5) is 5.69 Å². The van der Waals surface area contributed by atoms with Crippen molar-refractivity contribution >= 4 is 45.1 Å². The quantitative estimate of drug-likeness (QED) is 0.270. The maximum absolute atomic E-state index is 12.4. The highest BCUT2D eigenvalue weighted by atomic mass is 32.2. The van der Waals surface area contributed by atoms with Crippen LogP contribution in [0.2, 0.25) is 0 Å². The standard InChI is InChI=1S/C18H17N5O3S2/c24-14(22-8-2-1-3-9-22)10-27-18-17-16(19-11-20-18)15(21-28-17)12-4-6-13(7-5-12)23(25)26/h4-7,11H,1-3,8-10H2. The first-order valence-electron chi connectivity index (χ1n) is 8.89. The van der Waals surface area contributed by atoms with E-state index in [4.69, 9.17) is 0 Å². The van der Waals surface area contributed by atoms with Gasteiger partial charge in [0.2, 0.25) is 5.91 Å². The van der Waals surface area contributed by atoms with Crippen LogP contribution >= 0.6 is 23.3 Å². The first-order valence-corrected chi connectivity index (χ1v) is 10.6. The van der Waals surface area contributed by atoms with E-state index in [9.17, 15) is 14.9 Å². The highest BCUT2D eigenvalue weighted by Gasteiger charge is 2.19. The average molecular weight is 416 g/mol. The Morgan fingerprint density at radius 2 is 1.93 bits per heavy atom. The van der Waals surface area contributed by atoms with E-state index in [0.717, 1.165) is 41.2 Å². The molecule has 0 unspecified atom stereocenters. The van der Waals surface area contributed by atoms with Gasteiger partial charge in [-0.25, -0.2) is 9.97 Å². The zero-order chi connectivity index (χ0) is 19.5. The van der Waals surface area contributed by atoms with Crippen molar-refractivity contribution in [1.82, 2.24) is 19.2 Å². The molecule has 3 heterocycles. The zero-order valence-corrected chi connectivity index (χ0v) is 16.5. The van der Waals surface area contributed by atoms with Gasteiger partial charge in [0.25, 0.3) is 5.69 Å². The van der Waals surface area contributed by atoms with Crippen LogP contribution in [0.15, 0.2) is 35.6 Å². The Morgan fingerprint density at radius 1 is 1.18 bits per heavy atom. The first-order chi connectivity index (χ1) is 13.6. The van der Waals surface area contributed by atoms with E-state index in [1.165, 1.54) is 48.2 Å². The summed E-state index contributed by atoms with van der Waals surface area (Å²) in [6.45, 7) is 1.67. The Balaban J connectivity index is 1.54. The molecule has 1 saturated heterocycles. The van der Waals surface area contributed by atoms with Gasteiger partial charge in [0.15, 0.2) is 0 Å². The molecule has 0 atom stereocenters. The summed E-state index contributed by atoms with van der Waals surface area (Å²) < 4.78 is 5.30. The molecule has 1 aliphatic heterocycles. The van der Waals surface area contributed by atoms with Gasteiger partial charge in [-0.15, -0.1) is 0 Å². The number of likely N-dealkylation sites (tertiary alicyclic amines) is 1. The van der Waals surface area contributed by atoms with Crippen LogP contribution in [0.1, 0.15) is 19.3 Å². The van der Waals surface area contributed by atoms with Gasteiger partial charge in [0, 0.05) is 30.8 Å². The highest BCUT2D eigenvalue weighted by molar-refractivity contribution is 8.00. The molecule has 1 fully saturated rings. The Labute approximate surface area is 169 Å². The van der Waals surface area contributed by atoms with Gasteiger partial charge in [0.1, 0.15) is 27.3 Å². The maximum Gasteiger partial charge on any atom is 0.269 e. The molecule has 1 amide bonds. The number of rotatable bonds is 5. The molecule has 0 aliphatic carbocycles. The second-order valence-electron chi connectivity index (χ2n) is 6.42. The van der Waals surface area contributed by atoms with E-state index in [0.29, 0.717) is 17.0 Å². The zero-order valence-electron chi connectivity index (χ0n) is 14.9.